The summed E-state index contributed by atoms with van der Waals surface area (Å²) in [5, 5.41) is 21.8. The van der Waals surface area contributed by atoms with E-state index in [9.17, 15) is 15.0 Å². The number of carbonyl (C=O) groups is 1. The fourth-order valence-corrected chi connectivity index (χ4v) is 5.33. The molecule has 0 saturated heterocycles. The molecule has 1 aliphatic heterocycles. The van der Waals surface area contributed by atoms with E-state index in [1.54, 1.807) is 6.07 Å². The minimum absolute atomic E-state index is 0.0767. The van der Waals surface area contributed by atoms with Crippen molar-refractivity contribution in [3.8, 4) is 11.8 Å². The van der Waals surface area contributed by atoms with Crippen LogP contribution in [0.1, 0.15) is 43.9 Å². The van der Waals surface area contributed by atoms with E-state index in [-0.39, 0.29) is 18.1 Å². The number of hydrogen-bond acceptors (Lipinski definition) is 9. The van der Waals surface area contributed by atoms with Gasteiger partial charge in [-0.05, 0) is 50.3 Å². The van der Waals surface area contributed by atoms with Crippen LogP contribution in [0.15, 0.2) is 49.1 Å². The highest BCUT2D eigenvalue weighted by Gasteiger charge is 2.27. The number of benzene rings is 2. The van der Waals surface area contributed by atoms with Gasteiger partial charge in [-0.1, -0.05) is 37.8 Å². The zero-order valence-electron chi connectivity index (χ0n) is 24.4. The van der Waals surface area contributed by atoms with Crippen molar-refractivity contribution >= 4 is 28.1 Å². The van der Waals surface area contributed by atoms with Crippen molar-refractivity contribution in [2.24, 2.45) is 0 Å². The molecule has 0 bridgehead atoms. The number of aliphatic hydroxyl groups is 1. The van der Waals surface area contributed by atoms with Gasteiger partial charge >= 0.3 is 6.01 Å². The Morgan fingerprint density at radius 2 is 1.98 bits per heavy atom. The Hall–Kier alpha value is -3.69. The topological polar surface area (TPSA) is 102 Å². The van der Waals surface area contributed by atoms with Gasteiger partial charge in [0.05, 0.1) is 18.8 Å². The summed E-state index contributed by atoms with van der Waals surface area (Å²) in [5.74, 6) is 1.23. The lowest BCUT2D eigenvalue weighted by atomic mass is 10.0. The molecule has 0 saturated carbocycles. The Labute approximate surface area is 243 Å². The van der Waals surface area contributed by atoms with Crippen LogP contribution in [0.5, 0.6) is 11.8 Å². The number of aromatic hydroxyl groups is 1. The van der Waals surface area contributed by atoms with Crippen molar-refractivity contribution < 1.29 is 19.7 Å². The number of phenolic OH excluding ortho intramolecular Hbond substituents is 1. The summed E-state index contributed by atoms with van der Waals surface area (Å²) in [5.41, 5.74) is 3.04. The summed E-state index contributed by atoms with van der Waals surface area (Å²) in [4.78, 5) is 28.1. The molecule has 2 heterocycles. The molecule has 2 aromatic carbocycles. The van der Waals surface area contributed by atoms with Gasteiger partial charge in [0.2, 0.25) is 0 Å². The van der Waals surface area contributed by atoms with Crippen molar-refractivity contribution in [2.75, 3.05) is 62.8 Å². The van der Waals surface area contributed by atoms with Crippen molar-refractivity contribution in [3.63, 3.8) is 0 Å². The molecule has 0 fully saturated rings. The first kappa shape index (κ1) is 30.3. The van der Waals surface area contributed by atoms with Gasteiger partial charge in [0.15, 0.2) is 5.78 Å². The summed E-state index contributed by atoms with van der Waals surface area (Å²) >= 11 is 0. The number of phenols is 1. The van der Waals surface area contributed by atoms with Crippen LogP contribution < -0.4 is 14.5 Å². The highest BCUT2D eigenvalue weighted by molar-refractivity contribution is 5.95. The largest absolute Gasteiger partial charge is 0.508 e. The number of carbonyl (C=O) groups excluding carboxylic acids is 1. The van der Waals surface area contributed by atoms with Gasteiger partial charge in [0, 0.05) is 61.8 Å². The van der Waals surface area contributed by atoms with Crippen LogP contribution in [0.4, 0.5) is 11.5 Å². The van der Waals surface area contributed by atoms with Crippen LogP contribution in [-0.2, 0) is 17.8 Å². The van der Waals surface area contributed by atoms with Crippen molar-refractivity contribution in [1.29, 1.82) is 0 Å². The lowest BCUT2D eigenvalue weighted by molar-refractivity contribution is -0.114. The molecule has 220 valence electrons. The van der Waals surface area contributed by atoms with Crippen molar-refractivity contribution in [1.82, 2.24) is 14.9 Å². The maximum Gasteiger partial charge on any atom is 0.318 e. The fourth-order valence-electron chi connectivity index (χ4n) is 5.33. The molecule has 41 heavy (non-hydrogen) atoms. The molecule has 1 aliphatic rings. The minimum Gasteiger partial charge on any atom is -0.508 e. The van der Waals surface area contributed by atoms with E-state index in [0.29, 0.717) is 38.7 Å². The van der Waals surface area contributed by atoms with Gasteiger partial charge in [0.25, 0.3) is 0 Å². The van der Waals surface area contributed by atoms with Crippen LogP contribution in [0, 0.1) is 0 Å². The molecule has 0 spiro atoms. The smallest absolute Gasteiger partial charge is 0.318 e. The van der Waals surface area contributed by atoms with Gasteiger partial charge in [-0.25, -0.2) is 0 Å². The van der Waals surface area contributed by atoms with Gasteiger partial charge in [-0.3, -0.25) is 4.79 Å². The third-order valence-corrected chi connectivity index (χ3v) is 7.50. The number of ketones is 1. The minimum atomic E-state index is 0.0767. The molecule has 9 nitrogen and oxygen atoms in total. The molecule has 0 unspecified atom stereocenters. The predicted octanol–water partition coefficient (Wildman–Crippen LogP) is 4.34. The first-order valence-electron chi connectivity index (χ1n) is 14.6. The Morgan fingerprint density at radius 3 is 2.76 bits per heavy atom. The average Bonchev–Trinajstić information content (AvgIpc) is 2.97. The molecule has 4 rings (SSSR count). The predicted molar refractivity (Wildman–Crippen MR) is 164 cm³/mol. The van der Waals surface area contributed by atoms with Crippen LogP contribution in [0.3, 0.4) is 0 Å². The number of allylic oxidation sites excluding steroid dienone is 1. The van der Waals surface area contributed by atoms with Gasteiger partial charge in [-0.15, -0.1) is 0 Å². The summed E-state index contributed by atoms with van der Waals surface area (Å²) in [6, 6.07) is 12.1. The zero-order chi connectivity index (χ0) is 29.2. The molecular weight excluding hydrogens is 518 g/mol. The highest BCUT2D eigenvalue weighted by Crippen LogP contribution is 2.36. The zero-order valence-corrected chi connectivity index (χ0v) is 24.4. The molecular formula is C32H43N5O4. The summed E-state index contributed by atoms with van der Waals surface area (Å²) < 4.78 is 6.07. The first-order valence-corrected chi connectivity index (χ1v) is 14.6. The van der Waals surface area contributed by atoms with Gasteiger partial charge in [0.1, 0.15) is 18.2 Å². The van der Waals surface area contributed by atoms with E-state index in [4.69, 9.17) is 14.7 Å². The Balaban J connectivity index is 1.63. The average molecular weight is 562 g/mol. The second-order valence-corrected chi connectivity index (χ2v) is 10.6. The molecule has 0 radical (unpaired) electrons. The maximum absolute atomic E-state index is 11.7. The molecule has 0 amide bonds. The van der Waals surface area contributed by atoms with Crippen molar-refractivity contribution in [2.45, 2.75) is 45.6 Å². The van der Waals surface area contributed by atoms with E-state index < -0.39 is 0 Å². The van der Waals surface area contributed by atoms with Crippen molar-refractivity contribution in [3.05, 3.63) is 60.3 Å². The summed E-state index contributed by atoms with van der Waals surface area (Å²) in [6.07, 6.45) is 5.32. The number of anilines is 2. The number of fused-ring (bicyclic) bond motifs is 2. The van der Waals surface area contributed by atoms with Gasteiger partial charge < -0.3 is 29.6 Å². The van der Waals surface area contributed by atoms with E-state index >= 15 is 0 Å². The highest BCUT2D eigenvalue weighted by atomic mass is 16.5. The number of likely N-dealkylation sites (N-methyl/N-ethyl adjacent to an activating group) is 1. The number of ether oxygens (including phenoxy) is 1. The van der Waals surface area contributed by atoms with E-state index in [1.165, 1.54) is 6.08 Å². The number of hydrogen-bond donors (Lipinski definition) is 2. The number of aromatic nitrogens is 2. The number of nitrogens with zero attached hydrogens (tertiary/aromatic N) is 5. The van der Waals surface area contributed by atoms with Crippen LogP contribution >= 0.6 is 0 Å². The molecule has 1 aromatic heterocycles. The molecule has 0 aliphatic carbocycles. The van der Waals surface area contributed by atoms with Gasteiger partial charge in [-0.2, -0.15) is 9.97 Å². The molecule has 2 N–H and O–H groups in total. The second kappa shape index (κ2) is 14.8. The second-order valence-electron chi connectivity index (χ2n) is 10.6. The lowest BCUT2D eigenvalue weighted by Crippen LogP contribution is -2.35. The quantitative estimate of drug-likeness (QED) is 0.195. The molecule has 3 aromatic rings. The summed E-state index contributed by atoms with van der Waals surface area (Å²) in [6.45, 7) is 10.5. The molecule has 9 heteroatoms. The third-order valence-electron chi connectivity index (χ3n) is 7.50. The fraction of sp³-hybridized carbons (Fsp3) is 0.469. The van der Waals surface area contributed by atoms with E-state index in [1.807, 2.05) is 36.2 Å². The Bertz CT molecular complexity index is 1330. The third kappa shape index (κ3) is 7.95. The van der Waals surface area contributed by atoms with E-state index in [2.05, 4.69) is 29.4 Å². The first-order chi connectivity index (χ1) is 19.9. The monoisotopic (exact) mass is 561 g/mol. The normalized spacial score (nSPS) is 12.9. The van der Waals surface area contributed by atoms with Crippen LogP contribution in [0.25, 0.3) is 10.8 Å². The standard InChI is InChI=1S/C32H43N5O4/c1-4-14-36(15-9-8-11-25(39)5-2)31-28-13-16-37(30-22-26(40)21-24-10-6-7-12-27(24)30)23-29(28)33-32(34-31)41-20-18-35(3)17-19-38/h5-7,10,12,21-22,38,40H,2,4,8-9,11,13-20,23H2,1,3H3. The van der Waals surface area contributed by atoms with Crippen LogP contribution in [0.2, 0.25) is 0 Å². The SMILES string of the molecule is C=CC(=O)CCCCN(CCC)c1nc(OCCN(C)CCO)nc2c1CCN(c1cc(O)cc3ccccc13)C2. The summed E-state index contributed by atoms with van der Waals surface area (Å²) in [7, 11) is 1.94. The number of aliphatic hydroxyl groups excluding tert-OH is 1. The molecule has 0 atom stereocenters. The maximum atomic E-state index is 11.7. The number of unbranched alkanes of at least 4 members (excludes halogenated alkanes) is 1. The van der Waals surface area contributed by atoms with Crippen LogP contribution in [-0.4, -0.2) is 83.8 Å². The Morgan fingerprint density at radius 1 is 1.15 bits per heavy atom. The lowest BCUT2D eigenvalue weighted by Gasteiger charge is -2.34. The van der Waals surface area contributed by atoms with E-state index in [0.717, 1.165) is 78.9 Å². The Kier molecular flexibility index (Phi) is 10.9. The number of rotatable bonds is 16.